The van der Waals surface area contributed by atoms with Gasteiger partial charge in [0.2, 0.25) is 0 Å². The molecule has 0 aliphatic carbocycles. The molecule has 0 heterocycles. The molecule has 1 nitrogen and oxygen atoms in total. The summed E-state index contributed by atoms with van der Waals surface area (Å²) in [6.07, 6.45) is 0.110. The van der Waals surface area contributed by atoms with E-state index in [1.807, 2.05) is 0 Å². The molecule has 0 spiro atoms. The van der Waals surface area contributed by atoms with Crippen LogP contribution in [0.15, 0.2) is 6.07 Å². The molecular formula is C11H12ClFO. The van der Waals surface area contributed by atoms with E-state index in [4.69, 9.17) is 11.6 Å². The Kier molecular flexibility index (Phi) is 3.27. The van der Waals surface area contributed by atoms with Crippen molar-refractivity contribution >= 4 is 17.4 Å². The number of ketones is 1. The molecule has 0 N–H and O–H groups in total. The van der Waals surface area contributed by atoms with Crippen molar-refractivity contribution in [2.45, 2.75) is 27.2 Å². The minimum absolute atomic E-state index is 0.0614. The summed E-state index contributed by atoms with van der Waals surface area (Å²) in [6, 6.07) is 1.58. The van der Waals surface area contributed by atoms with E-state index in [2.05, 4.69) is 0 Å². The molecular weight excluding hydrogens is 203 g/mol. The Bertz CT molecular complexity index is 359. The second-order valence-electron chi connectivity index (χ2n) is 3.47. The largest absolute Gasteiger partial charge is 0.300 e. The fourth-order valence-corrected chi connectivity index (χ4v) is 1.65. The van der Waals surface area contributed by atoms with Crippen LogP contribution in [0.3, 0.4) is 0 Å². The Balaban J connectivity index is 3.31. The Morgan fingerprint density at radius 2 is 2.07 bits per heavy atom. The summed E-state index contributed by atoms with van der Waals surface area (Å²) in [7, 11) is 0. The van der Waals surface area contributed by atoms with Crippen molar-refractivity contribution in [3.8, 4) is 0 Å². The van der Waals surface area contributed by atoms with Gasteiger partial charge in [-0.05, 0) is 43.5 Å². The van der Waals surface area contributed by atoms with Gasteiger partial charge in [0, 0.05) is 11.4 Å². The molecule has 0 atom stereocenters. The number of hydrogen-bond acceptors (Lipinski definition) is 1. The summed E-state index contributed by atoms with van der Waals surface area (Å²) < 4.78 is 13.6. The maximum Gasteiger partial charge on any atom is 0.134 e. The molecule has 0 fully saturated rings. The van der Waals surface area contributed by atoms with E-state index in [-0.39, 0.29) is 18.0 Å². The zero-order chi connectivity index (χ0) is 10.9. The number of carbonyl (C=O) groups is 1. The fourth-order valence-electron chi connectivity index (χ4n) is 1.37. The number of aryl methyl sites for hydroxylation is 1. The van der Waals surface area contributed by atoms with E-state index >= 15 is 0 Å². The molecule has 0 saturated heterocycles. The Morgan fingerprint density at radius 1 is 1.50 bits per heavy atom. The highest BCUT2D eigenvalue weighted by molar-refractivity contribution is 6.31. The van der Waals surface area contributed by atoms with Gasteiger partial charge in [-0.1, -0.05) is 11.6 Å². The average molecular weight is 215 g/mol. The molecule has 1 aromatic rings. The van der Waals surface area contributed by atoms with Gasteiger partial charge in [-0.25, -0.2) is 4.39 Å². The molecule has 0 aliphatic rings. The van der Waals surface area contributed by atoms with Gasteiger partial charge in [-0.2, -0.15) is 0 Å². The molecule has 0 bridgehead atoms. The van der Waals surface area contributed by atoms with E-state index in [0.29, 0.717) is 21.7 Å². The second kappa shape index (κ2) is 4.09. The lowest BCUT2D eigenvalue weighted by Crippen LogP contribution is -2.04. The standard InChI is InChI=1S/C11H12ClFO/c1-6-4-10(12)8(3)9(11(6)13)5-7(2)14/h4H,5H2,1-3H3. The first-order valence-corrected chi connectivity index (χ1v) is 4.74. The molecule has 0 radical (unpaired) electrons. The van der Waals surface area contributed by atoms with E-state index < -0.39 is 0 Å². The average Bonchev–Trinajstić information content (AvgIpc) is 2.09. The van der Waals surface area contributed by atoms with Crippen molar-refractivity contribution in [1.82, 2.24) is 0 Å². The zero-order valence-corrected chi connectivity index (χ0v) is 9.20. The molecule has 1 rings (SSSR count). The molecule has 0 amide bonds. The molecule has 3 heteroatoms. The van der Waals surface area contributed by atoms with Gasteiger partial charge in [0.05, 0.1) is 0 Å². The number of rotatable bonds is 2. The lowest BCUT2D eigenvalue weighted by atomic mass is 10.00. The number of Topliss-reactive ketones (excluding diaryl/α,β-unsaturated/α-hetero) is 1. The minimum Gasteiger partial charge on any atom is -0.300 e. The highest BCUT2D eigenvalue weighted by atomic mass is 35.5. The Morgan fingerprint density at radius 3 is 2.57 bits per heavy atom. The summed E-state index contributed by atoms with van der Waals surface area (Å²) >= 11 is 5.90. The topological polar surface area (TPSA) is 17.1 Å². The van der Waals surface area contributed by atoms with Gasteiger partial charge in [0.1, 0.15) is 11.6 Å². The number of carbonyl (C=O) groups excluding carboxylic acids is 1. The number of halogens is 2. The smallest absolute Gasteiger partial charge is 0.134 e. The van der Waals surface area contributed by atoms with Crippen LogP contribution >= 0.6 is 11.6 Å². The highest BCUT2D eigenvalue weighted by Gasteiger charge is 2.13. The van der Waals surface area contributed by atoms with E-state index in [9.17, 15) is 9.18 Å². The maximum atomic E-state index is 13.6. The normalized spacial score (nSPS) is 10.4. The van der Waals surface area contributed by atoms with Gasteiger partial charge in [-0.15, -0.1) is 0 Å². The first kappa shape index (κ1) is 11.2. The third-order valence-corrected chi connectivity index (χ3v) is 2.58. The fraction of sp³-hybridized carbons (Fsp3) is 0.364. The van der Waals surface area contributed by atoms with Crippen LogP contribution in [0.2, 0.25) is 5.02 Å². The number of hydrogen-bond donors (Lipinski definition) is 0. The summed E-state index contributed by atoms with van der Waals surface area (Å²) in [4.78, 5) is 10.9. The van der Waals surface area contributed by atoms with E-state index in [1.165, 1.54) is 6.92 Å². The summed E-state index contributed by atoms with van der Waals surface area (Å²) in [5.41, 5.74) is 1.56. The van der Waals surface area contributed by atoms with Crippen molar-refractivity contribution in [3.05, 3.63) is 33.6 Å². The Hall–Kier alpha value is -0.890. The van der Waals surface area contributed by atoms with Crippen LogP contribution in [0.4, 0.5) is 4.39 Å². The van der Waals surface area contributed by atoms with E-state index in [1.54, 1.807) is 19.9 Å². The summed E-state index contributed by atoms with van der Waals surface area (Å²) in [5, 5.41) is 0.514. The molecule has 0 aromatic heterocycles. The second-order valence-corrected chi connectivity index (χ2v) is 3.88. The van der Waals surface area contributed by atoms with Crippen LogP contribution in [0.1, 0.15) is 23.6 Å². The van der Waals surface area contributed by atoms with Crippen molar-refractivity contribution in [2.75, 3.05) is 0 Å². The zero-order valence-electron chi connectivity index (χ0n) is 8.45. The molecule has 0 aliphatic heterocycles. The number of benzene rings is 1. The SMILES string of the molecule is CC(=O)Cc1c(C)c(Cl)cc(C)c1F. The van der Waals surface area contributed by atoms with Crippen LogP contribution in [0.5, 0.6) is 0 Å². The van der Waals surface area contributed by atoms with Gasteiger partial charge in [-0.3, -0.25) is 4.79 Å². The van der Waals surface area contributed by atoms with Crippen molar-refractivity contribution < 1.29 is 9.18 Å². The molecule has 0 unspecified atom stereocenters. The predicted molar refractivity (Wildman–Crippen MR) is 55.3 cm³/mol. The van der Waals surface area contributed by atoms with Crippen LogP contribution in [0, 0.1) is 19.7 Å². The van der Waals surface area contributed by atoms with Crippen molar-refractivity contribution in [1.29, 1.82) is 0 Å². The monoisotopic (exact) mass is 214 g/mol. The third kappa shape index (κ3) is 2.13. The van der Waals surface area contributed by atoms with Crippen LogP contribution in [-0.2, 0) is 11.2 Å². The van der Waals surface area contributed by atoms with Gasteiger partial charge >= 0.3 is 0 Å². The van der Waals surface area contributed by atoms with Gasteiger partial charge in [0.15, 0.2) is 0 Å². The minimum atomic E-state index is -0.317. The quantitative estimate of drug-likeness (QED) is 0.739. The van der Waals surface area contributed by atoms with Crippen molar-refractivity contribution in [3.63, 3.8) is 0 Å². The van der Waals surface area contributed by atoms with Crippen LogP contribution in [0.25, 0.3) is 0 Å². The third-order valence-electron chi connectivity index (χ3n) is 2.19. The molecule has 14 heavy (non-hydrogen) atoms. The maximum absolute atomic E-state index is 13.6. The van der Waals surface area contributed by atoms with Crippen molar-refractivity contribution in [2.24, 2.45) is 0 Å². The lowest BCUT2D eigenvalue weighted by molar-refractivity contribution is -0.116. The lowest BCUT2D eigenvalue weighted by Gasteiger charge is -2.09. The highest BCUT2D eigenvalue weighted by Crippen LogP contribution is 2.25. The van der Waals surface area contributed by atoms with Gasteiger partial charge in [0.25, 0.3) is 0 Å². The first-order valence-electron chi connectivity index (χ1n) is 4.37. The summed E-state index contributed by atoms with van der Waals surface area (Å²) in [5.74, 6) is -0.379. The first-order chi connectivity index (χ1) is 6.43. The predicted octanol–water partition coefficient (Wildman–Crippen LogP) is 3.23. The van der Waals surface area contributed by atoms with Crippen LogP contribution in [-0.4, -0.2) is 5.78 Å². The molecule has 76 valence electrons. The summed E-state index contributed by atoms with van der Waals surface area (Å²) in [6.45, 7) is 4.81. The van der Waals surface area contributed by atoms with Crippen LogP contribution < -0.4 is 0 Å². The molecule has 1 aromatic carbocycles. The molecule has 0 saturated carbocycles. The Labute approximate surface area is 87.9 Å². The van der Waals surface area contributed by atoms with E-state index in [0.717, 1.165) is 0 Å². The van der Waals surface area contributed by atoms with Gasteiger partial charge < -0.3 is 0 Å².